The smallest absolute Gasteiger partial charge is 0.0595 e. The van der Waals surface area contributed by atoms with Gasteiger partial charge in [0.1, 0.15) is 0 Å². The first-order valence-corrected chi connectivity index (χ1v) is 7.98. The number of halogens is 2. The van der Waals surface area contributed by atoms with E-state index in [1.165, 1.54) is 18.4 Å². The normalized spacial score (nSPS) is 19.5. The molecule has 1 saturated heterocycles. The van der Waals surface area contributed by atoms with Crippen molar-refractivity contribution in [1.29, 1.82) is 0 Å². The third kappa shape index (κ3) is 4.36. The zero-order valence-corrected chi connectivity index (χ0v) is 13.7. The molecule has 2 nitrogen and oxygen atoms in total. The molecule has 0 aliphatic carbocycles. The molecule has 0 amide bonds. The summed E-state index contributed by atoms with van der Waals surface area (Å²) in [6.07, 6.45) is 2.40. The first kappa shape index (κ1) is 16.1. The minimum atomic E-state index is 0.0421. The Kier molecular flexibility index (Phi) is 5.74. The predicted molar refractivity (Wildman–Crippen MR) is 85.9 cm³/mol. The van der Waals surface area contributed by atoms with Crippen molar-refractivity contribution in [2.45, 2.75) is 32.1 Å². The number of hydrogen-bond donors (Lipinski definition) is 1. The Morgan fingerprint density at radius 1 is 1.30 bits per heavy atom. The highest BCUT2D eigenvalue weighted by atomic mass is 35.5. The Balaban J connectivity index is 1.81. The largest absolute Gasteiger partial charge is 0.381 e. The number of rotatable bonds is 6. The monoisotopic (exact) mass is 315 g/mol. The van der Waals surface area contributed by atoms with Crippen molar-refractivity contribution in [2.75, 3.05) is 26.3 Å². The SMILES string of the molecule is CC(C)(CNCCC1CCOC1)c1ccc(Cl)c(Cl)c1. The lowest BCUT2D eigenvalue weighted by molar-refractivity contribution is 0.184. The maximum absolute atomic E-state index is 6.10. The van der Waals surface area contributed by atoms with Crippen molar-refractivity contribution in [2.24, 2.45) is 5.92 Å². The van der Waals surface area contributed by atoms with E-state index in [1.807, 2.05) is 12.1 Å². The summed E-state index contributed by atoms with van der Waals surface area (Å²) < 4.78 is 5.39. The molecule has 0 aromatic heterocycles. The molecule has 1 fully saturated rings. The van der Waals surface area contributed by atoms with Gasteiger partial charge in [0.25, 0.3) is 0 Å². The lowest BCUT2D eigenvalue weighted by Gasteiger charge is -2.26. The second-order valence-corrected chi connectivity index (χ2v) is 7.02. The van der Waals surface area contributed by atoms with Gasteiger partial charge >= 0.3 is 0 Å². The van der Waals surface area contributed by atoms with Crippen LogP contribution in [0.25, 0.3) is 0 Å². The van der Waals surface area contributed by atoms with Gasteiger partial charge in [-0.2, -0.15) is 0 Å². The van der Waals surface area contributed by atoms with Crippen molar-refractivity contribution in [3.05, 3.63) is 33.8 Å². The molecule has 4 heteroatoms. The lowest BCUT2D eigenvalue weighted by Crippen LogP contribution is -2.34. The minimum absolute atomic E-state index is 0.0421. The molecule has 1 aromatic carbocycles. The van der Waals surface area contributed by atoms with E-state index >= 15 is 0 Å². The Hall–Kier alpha value is -0.280. The fourth-order valence-corrected chi connectivity index (χ4v) is 2.84. The maximum atomic E-state index is 6.10. The van der Waals surface area contributed by atoms with Crippen molar-refractivity contribution in [3.63, 3.8) is 0 Å². The molecule has 1 unspecified atom stereocenters. The second kappa shape index (κ2) is 7.13. The minimum Gasteiger partial charge on any atom is -0.381 e. The Morgan fingerprint density at radius 3 is 2.75 bits per heavy atom. The molecule has 1 aromatic rings. The van der Waals surface area contributed by atoms with Gasteiger partial charge in [0.2, 0.25) is 0 Å². The van der Waals surface area contributed by atoms with E-state index in [4.69, 9.17) is 27.9 Å². The highest BCUT2D eigenvalue weighted by Gasteiger charge is 2.21. The third-order valence-electron chi connectivity index (χ3n) is 4.02. The molecule has 2 rings (SSSR count). The van der Waals surface area contributed by atoms with Crippen LogP contribution in [0.4, 0.5) is 0 Å². The van der Waals surface area contributed by atoms with Crippen LogP contribution in [0, 0.1) is 5.92 Å². The van der Waals surface area contributed by atoms with Crippen LogP contribution in [0.5, 0.6) is 0 Å². The van der Waals surface area contributed by atoms with E-state index in [1.54, 1.807) is 0 Å². The number of ether oxygens (including phenoxy) is 1. The lowest BCUT2D eigenvalue weighted by atomic mass is 9.84. The van der Waals surface area contributed by atoms with E-state index < -0.39 is 0 Å². The van der Waals surface area contributed by atoms with Gasteiger partial charge in [-0.25, -0.2) is 0 Å². The fraction of sp³-hybridized carbons (Fsp3) is 0.625. The van der Waals surface area contributed by atoms with Gasteiger partial charge in [0, 0.05) is 25.2 Å². The van der Waals surface area contributed by atoms with Crippen LogP contribution in [0.2, 0.25) is 10.0 Å². The fourth-order valence-electron chi connectivity index (χ4n) is 2.54. The molecule has 1 atom stereocenters. The summed E-state index contributed by atoms with van der Waals surface area (Å²) in [5.74, 6) is 0.732. The Bertz CT molecular complexity index is 442. The molecule has 20 heavy (non-hydrogen) atoms. The topological polar surface area (TPSA) is 21.3 Å². The van der Waals surface area contributed by atoms with Crippen LogP contribution in [0.3, 0.4) is 0 Å². The third-order valence-corrected chi connectivity index (χ3v) is 4.76. The zero-order chi connectivity index (χ0) is 14.6. The van der Waals surface area contributed by atoms with E-state index in [-0.39, 0.29) is 5.41 Å². The second-order valence-electron chi connectivity index (χ2n) is 6.21. The molecule has 1 N–H and O–H groups in total. The summed E-state index contributed by atoms with van der Waals surface area (Å²) in [7, 11) is 0. The summed E-state index contributed by atoms with van der Waals surface area (Å²) in [6.45, 7) is 8.27. The number of hydrogen-bond acceptors (Lipinski definition) is 2. The Labute approximate surface area is 131 Å². The summed E-state index contributed by atoms with van der Waals surface area (Å²) in [4.78, 5) is 0. The molecule has 0 bridgehead atoms. The average Bonchev–Trinajstić information content (AvgIpc) is 2.91. The summed E-state index contributed by atoms with van der Waals surface area (Å²) in [5, 5.41) is 4.79. The molecule has 0 saturated carbocycles. The van der Waals surface area contributed by atoms with Crippen molar-refractivity contribution in [1.82, 2.24) is 5.32 Å². The number of nitrogens with one attached hydrogen (secondary N) is 1. The Morgan fingerprint density at radius 2 is 2.10 bits per heavy atom. The predicted octanol–water partition coefficient (Wildman–Crippen LogP) is 4.29. The molecular weight excluding hydrogens is 293 g/mol. The van der Waals surface area contributed by atoms with Crippen LogP contribution in [0.15, 0.2) is 18.2 Å². The van der Waals surface area contributed by atoms with Gasteiger partial charge in [-0.1, -0.05) is 43.1 Å². The first-order valence-electron chi connectivity index (χ1n) is 7.23. The van der Waals surface area contributed by atoms with E-state index in [9.17, 15) is 0 Å². The van der Waals surface area contributed by atoms with E-state index in [2.05, 4.69) is 25.2 Å². The highest BCUT2D eigenvalue weighted by Crippen LogP contribution is 2.29. The van der Waals surface area contributed by atoms with Crippen molar-refractivity contribution >= 4 is 23.2 Å². The van der Waals surface area contributed by atoms with E-state index in [0.29, 0.717) is 10.0 Å². The van der Waals surface area contributed by atoms with Crippen LogP contribution in [0.1, 0.15) is 32.3 Å². The van der Waals surface area contributed by atoms with Crippen LogP contribution >= 0.6 is 23.2 Å². The van der Waals surface area contributed by atoms with Crippen LogP contribution < -0.4 is 5.32 Å². The summed E-state index contributed by atoms with van der Waals surface area (Å²) in [6, 6.07) is 5.90. The quantitative estimate of drug-likeness (QED) is 0.791. The number of benzene rings is 1. The van der Waals surface area contributed by atoms with Crippen LogP contribution in [-0.2, 0) is 10.2 Å². The molecule has 112 valence electrons. The van der Waals surface area contributed by atoms with Gasteiger partial charge in [0.15, 0.2) is 0 Å². The van der Waals surface area contributed by atoms with Gasteiger partial charge in [-0.15, -0.1) is 0 Å². The van der Waals surface area contributed by atoms with Crippen molar-refractivity contribution < 1.29 is 4.74 Å². The van der Waals surface area contributed by atoms with Gasteiger partial charge in [-0.05, 0) is 43.0 Å². The molecule has 0 spiro atoms. The molecule has 1 heterocycles. The summed E-state index contributed by atoms with van der Waals surface area (Å²) in [5.41, 5.74) is 1.25. The first-order chi connectivity index (χ1) is 9.49. The van der Waals surface area contributed by atoms with Gasteiger partial charge in [-0.3, -0.25) is 0 Å². The maximum Gasteiger partial charge on any atom is 0.0595 e. The average molecular weight is 316 g/mol. The van der Waals surface area contributed by atoms with Crippen molar-refractivity contribution in [3.8, 4) is 0 Å². The highest BCUT2D eigenvalue weighted by molar-refractivity contribution is 6.42. The molecule has 0 radical (unpaired) electrons. The van der Waals surface area contributed by atoms with Crippen LogP contribution in [-0.4, -0.2) is 26.3 Å². The molecular formula is C16H23Cl2NO. The van der Waals surface area contributed by atoms with E-state index in [0.717, 1.165) is 32.2 Å². The van der Waals surface area contributed by atoms with Gasteiger partial charge in [0.05, 0.1) is 10.0 Å². The summed E-state index contributed by atoms with van der Waals surface area (Å²) >= 11 is 12.1. The molecule has 1 aliphatic heterocycles. The molecule has 1 aliphatic rings. The van der Waals surface area contributed by atoms with Gasteiger partial charge < -0.3 is 10.1 Å². The zero-order valence-electron chi connectivity index (χ0n) is 12.2. The standard InChI is InChI=1S/C16H23Cl2NO/c1-16(2,13-3-4-14(17)15(18)9-13)11-19-7-5-12-6-8-20-10-12/h3-4,9,12,19H,5-8,10-11H2,1-2H3.